The lowest BCUT2D eigenvalue weighted by Gasteiger charge is -2.19. The first-order valence-electron chi connectivity index (χ1n) is 5.40. The maximum absolute atomic E-state index is 5.39. The van der Waals surface area contributed by atoms with Crippen LogP contribution in [0.2, 0.25) is 0 Å². The van der Waals surface area contributed by atoms with Crippen LogP contribution in [0.1, 0.15) is 17.9 Å². The molecule has 0 saturated heterocycles. The highest BCUT2D eigenvalue weighted by atomic mass is 16.5. The topological polar surface area (TPSA) is 18.5 Å². The SMILES string of the molecule is COC1=CCC=CC1c1ccc(OC)cc1. The fourth-order valence-electron chi connectivity index (χ4n) is 1.92. The van der Waals surface area contributed by atoms with Crippen LogP contribution in [-0.2, 0) is 4.74 Å². The lowest BCUT2D eigenvalue weighted by atomic mass is 9.93. The lowest BCUT2D eigenvalue weighted by Crippen LogP contribution is -2.04. The van der Waals surface area contributed by atoms with E-state index in [1.165, 1.54) is 5.56 Å². The lowest BCUT2D eigenvalue weighted by molar-refractivity contribution is 0.271. The molecule has 1 aromatic rings. The molecular formula is C14H16O2. The van der Waals surface area contributed by atoms with Crippen molar-refractivity contribution in [2.24, 2.45) is 0 Å². The molecule has 0 aromatic heterocycles. The van der Waals surface area contributed by atoms with Gasteiger partial charge in [-0.1, -0.05) is 24.3 Å². The van der Waals surface area contributed by atoms with Gasteiger partial charge in [0.2, 0.25) is 0 Å². The van der Waals surface area contributed by atoms with E-state index < -0.39 is 0 Å². The molecular weight excluding hydrogens is 200 g/mol. The molecule has 16 heavy (non-hydrogen) atoms. The Hall–Kier alpha value is -1.70. The molecule has 0 bridgehead atoms. The highest BCUT2D eigenvalue weighted by Crippen LogP contribution is 2.30. The van der Waals surface area contributed by atoms with Gasteiger partial charge in [-0.3, -0.25) is 0 Å². The quantitative estimate of drug-likeness (QED) is 0.722. The van der Waals surface area contributed by atoms with E-state index in [2.05, 4.69) is 30.4 Å². The smallest absolute Gasteiger partial charge is 0.118 e. The first kappa shape index (κ1) is 10.8. The van der Waals surface area contributed by atoms with Gasteiger partial charge >= 0.3 is 0 Å². The van der Waals surface area contributed by atoms with E-state index in [1.54, 1.807) is 14.2 Å². The van der Waals surface area contributed by atoms with Crippen LogP contribution in [0.3, 0.4) is 0 Å². The maximum Gasteiger partial charge on any atom is 0.118 e. The second-order valence-corrected chi connectivity index (χ2v) is 3.73. The van der Waals surface area contributed by atoms with Crippen molar-refractivity contribution in [2.75, 3.05) is 14.2 Å². The van der Waals surface area contributed by atoms with Gasteiger partial charge in [0.15, 0.2) is 0 Å². The molecule has 0 spiro atoms. The molecule has 1 aromatic carbocycles. The number of allylic oxidation sites excluding steroid dienone is 3. The predicted molar refractivity (Wildman–Crippen MR) is 64.6 cm³/mol. The molecule has 0 aliphatic heterocycles. The minimum Gasteiger partial charge on any atom is -0.500 e. The monoisotopic (exact) mass is 216 g/mol. The minimum absolute atomic E-state index is 0.240. The molecule has 1 unspecified atom stereocenters. The summed E-state index contributed by atoms with van der Waals surface area (Å²) in [7, 11) is 3.40. The maximum atomic E-state index is 5.39. The highest BCUT2D eigenvalue weighted by Gasteiger charge is 2.16. The van der Waals surface area contributed by atoms with E-state index in [1.807, 2.05) is 12.1 Å². The molecule has 1 atom stereocenters. The van der Waals surface area contributed by atoms with Gasteiger partial charge in [-0.2, -0.15) is 0 Å². The second-order valence-electron chi connectivity index (χ2n) is 3.73. The normalized spacial score (nSPS) is 19.1. The molecule has 1 aliphatic carbocycles. The van der Waals surface area contributed by atoms with Crippen LogP contribution < -0.4 is 4.74 Å². The first-order valence-corrected chi connectivity index (χ1v) is 5.40. The van der Waals surface area contributed by atoms with Crippen LogP contribution >= 0.6 is 0 Å². The Morgan fingerprint density at radius 1 is 1.06 bits per heavy atom. The van der Waals surface area contributed by atoms with Crippen LogP contribution in [0, 0.1) is 0 Å². The Balaban J connectivity index is 2.25. The average molecular weight is 216 g/mol. The zero-order chi connectivity index (χ0) is 11.4. The molecule has 0 fully saturated rings. The van der Waals surface area contributed by atoms with Gasteiger partial charge in [0, 0.05) is 0 Å². The van der Waals surface area contributed by atoms with E-state index >= 15 is 0 Å². The van der Waals surface area contributed by atoms with Crippen molar-refractivity contribution in [2.45, 2.75) is 12.3 Å². The van der Waals surface area contributed by atoms with E-state index in [4.69, 9.17) is 9.47 Å². The fourth-order valence-corrected chi connectivity index (χ4v) is 1.92. The Morgan fingerprint density at radius 3 is 2.44 bits per heavy atom. The zero-order valence-electron chi connectivity index (χ0n) is 9.64. The third-order valence-corrected chi connectivity index (χ3v) is 2.80. The van der Waals surface area contributed by atoms with Gasteiger partial charge < -0.3 is 9.47 Å². The second kappa shape index (κ2) is 4.88. The molecule has 0 saturated carbocycles. The summed E-state index contributed by atoms with van der Waals surface area (Å²) in [5, 5.41) is 0. The summed E-state index contributed by atoms with van der Waals surface area (Å²) in [6.07, 6.45) is 7.42. The number of rotatable bonds is 3. The van der Waals surface area contributed by atoms with E-state index in [0.717, 1.165) is 17.9 Å². The number of hydrogen-bond donors (Lipinski definition) is 0. The number of ether oxygens (including phenoxy) is 2. The first-order chi connectivity index (χ1) is 7.85. The number of methoxy groups -OCH3 is 2. The summed E-state index contributed by atoms with van der Waals surface area (Å²) < 4.78 is 10.5. The van der Waals surface area contributed by atoms with E-state index in [0.29, 0.717) is 0 Å². The molecule has 0 N–H and O–H groups in total. The largest absolute Gasteiger partial charge is 0.500 e. The van der Waals surface area contributed by atoms with Gasteiger partial charge in [-0.25, -0.2) is 0 Å². The van der Waals surface area contributed by atoms with Crippen molar-refractivity contribution in [3.05, 3.63) is 53.8 Å². The molecule has 2 heteroatoms. The standard InChI is InChI=1S/C14H16O2/c1-15-12-9-7-11(8-10-12)13-5-3-4-6-14(13)16-2/h3,5-10,13H,4H2,1-2H3. The zero-order valence-corrected chi connectivity index (χ0v) is 9.64. The van der Waals surface area contributed by atoms with Crippen LogP contribution in [0.5, 0.6) is 5.75 Å². The molecule has 2 rings (SSSR count). The summed E-state index contributed by atoms with van der Waals surface area (Å²) in [6.45, 7) is 0. The molecule has 0 amide bonds. The van der Waals surface area contributed by atoms with Crippen molar-refractivity contribution in [3.63, 3.8) is 0 Å². The summed E-state index contributed by atoms with van der Waals surface area (Å²) in [4.78, 5) is 0. The predicted octanol–water partition coefficient (Wildman–Crippen LogP) is 3.27. The van der Waals surface area contributed by atoms with Gasteiger partial charge in [-0.05, 0) is 30.2 Å². The van der Waals surface area contributed by atoms with Gasteiger partial charge in [0.1, 0.15) is 11.5 Å². The third-order valence-electron chi connectivity index (χ3n) is 2.80. The fraction of sp³-hybridized carbons (Fsp3) is 0.286. The van der Waals surface area contributed by atoms with Crippen molar-refractivity contribution in [1.82, 2.24) is 0 Å². The molecule has 0 heterocycles. The van der Waals surface area contributed by atoms with Gasteiger partial charge in [0.25, 0.3) is 0 Å². The summed E-state index contributed by atoms with van der Waals surface area (Å²) in [5.74, 6) is 2.14. The third kappa shape index (κ3) is 2.11. The highest BCUT2D eigenvalue weighted by molar-refractivity contribution is 5.37. The van der Waals surface area contributed by atoms with Crippen LogP contribution in [0.25, 0.3) is 0 Å². The van der Waals surface area contributed by atoms with Crippen molar-refractivity contribution < 1.29 is 9.47 Å². The summed E-state index contributed by atoms with van der Waals surface area (Å²) >= 11 is 0. The summed E-state index contributed by atoms with van der Waals surface area (Å²) in [5.41, 5.74) is 1.23. The van der Waals surface area contributed by atoms with Crippen LogP contribution in [-0.4, -0.2) is 14.2 Å². The summed E-state index contributed by atoms with van der Waals surface area (Å²) in [6, 6.07) is 8.11. The Kier molecular flexibility index (Phi) is 3.30. The van der Waals surface area contributed by atoms with Crippen molar-refractivity contribution >= 4 is 0 Å². The van der Waals surface area contributed by atoms with E-state index in [-0.39, 0.29) is 5.92 Å². The average Bonchev–Trinajstić information content (AvgIpc) is 2.39. The van der Waals surface area contributed by atoms with Crippen LogP contribution in [0.4, 0.5) is 0 Å². The Labute approximate surface area is 96.2 Å². The number of hydrogen-bond acceptors (Lipinski definition) is 2. The molecule has 2 nitrogen and oxygen atoms in total. The van der Waals surface area contributed by atoms with Gasteiger partial charge in [0.05, 0.1) is 20.1 Å². The molecule has 0 radical (unpaired) electrons. The van der Waals surface area contributed by atoms with Crippen molar-refractivity contribution in [3.8, 4) is 5.75 Å². The van der Waals surface area contributed by atoms with E-state index in [9.17, 15) is 0 Å². The van der Waals surface area contributed by atoms with Crippen molar-refractivity contribution in [1.29, 1.82) is 0 Å². The Bertz CT molecular complexity index is 401. The Morgan fingerprint density at radius 2 is 1.81 bits per heavy atom. The number of benzene rings is 1. The minimum atomic E-state index is 0.240. The molecule has 1 aliphatic rings. The molecule has 84 valence electrons. The van der Waals surface area contributed by atoms with Gasteiger partial charge in [-0.15, -0.1) is 0 Å². The van der Waals surface area contributed by atoms with Crippen LogP contribution in [0.15, 0.2) is 48.3 Å².